The zero-order valence-corrected chi connectivity index (χ0v) is 21.1. The van der Waals surface area contributed by atoms with E-state index in [4.69, 9.17) is 0 Å². The quantitative estimate of drug-likeness (QED) is 0.582. The van der Waals surface area contributed by atoms with Crippen LogP contribution < -0.4 is 4.90 Å². The fourth-order valence-corrected chi connectivity index (χ4v) is 4.51. The van der Waals surface area contributed by atoms with Gasteiger partial charge in [-0.3, -0.25) is 4.79 Å². The molecular formula is C24H27F3N2O3S2. The van der Waals surface area contributed by atoms with E-state index in [2.05, 4.69) is 11.2 Å². The Labute approximate surface area is 200 Å². The Kier molecular flexibility index (Phi) is 7.29. The lowest BCUT2D eigenvalue weighted by Crippen LogP contribution is -2.49. The summed E-state index contributed by atoms with van der Waals surface area (Å²) in [5.74, 6) is 2.73. The van der Waals surface area contributed by atoms with Gasteiger partial charge in [-0.05, 0) is 66.5 Å². The van der Waals surface area contributed by atoms with Gasteiger partial charge in [0, 0.05) is 43.7 Å². The van der Waals surface area contributed by atoms with Crippen LogP contribution in [0.1, 0.15) is 21.5 Å². The Balaban J connectivity index is 1.81. The maximum Gasteiger partial charge on any atom is 0.416 e. The topological polar surface area (TPSA) is 57.7 Å². The molecule has 0 spiro atoms. The van der Waals surface area contributed by atoms with Crippen LogP contribution in [0.5, 0.6) is 0 Å². The van der Waals surface area contributed by atoms with Crippen LogP contribution >= 0.6 is 10.0 Å². The summed E-state index contributed by atoms with van der Waals surface area (Å²) >= 11 is 0. The minimum Gasteiger partial charge on any atom is -0.368 e. The molecule has 1 amide bonds. The number of halogens is 3. The molecule has 0 atom stereocenters. The fourth-order valence-electron chi connectivity index (χ4n) is 3.45. The minimum absolute atomic E-state index is 0.0490. The summed E-state index contributed by atoms with van der Waals surface area (Å²) in [6.07, 6.45) is 2.76. The molecule has 1 aliphatic heterocycles. The Hall–Kier alpha value is -2.64. The molecule has 184 valence electrons. The van der Waals surface area contributed by atoms with Crippen LogP contribution in [0.4, 0.5) is 18.9 Å². The van der Waals surface area contributed by atoms with Crippen LogP contribution in [0.3, 0.4) is 0 Å². The third-order valence-electron chi connectivity index (χ3n) is 5.27. The molecule has 0 N–H and O–H groups in total. The molecule has 5 nitrogen and oxygen atoms in total. The molecule has 0 bridgehead atoms. The second-order valence-corrected chi connectivity index (χ2v) is 14.8. The van der Waals surface area contributed by atoms with Crippen LogP contribution in [-0.4, -0.2) is 70.4 Å². The number of hydrogen-bond acceptors (Lipinski definition) is 4. The average molecular weight is 513 g/mol. The van der Waals surface area contributed by atoms with Crippen molar-refractivity contribution in [2.75, 3.05) is 56.1 Å². The number of alkyl halides is 3. The van der Waals surface area contributed by atoms with Crippen LogP contribution in [-0.2, 0) is 16.0 Å². The highest BCUT2D eigenvalue weighted by Gasteiger charge is 2.30. The number of hydrogen-bond donors (Lipinski definition) is 0. The zero-order valence-electron chi connectivity index (χ0n) is 19.4. The van der Waals surface area contributed by atoms with Gasteiger partial charge >= 0.3 is 6.18 Å². The molecule has 0 unspecified atom stereocenters. The van der Waals surface area contributed by atoms with Crippen LogP contribution in [0.2, 0.25) is 0 Å². The Morgan fingerprint density at radius 2 is 1.50 bits per heavy atom. The largest absolute Gasteiger partial charge is 0.416 e. The van der Waals surface area contributed by atoms with E-state index in [1.807, 2.05) is 23.7 Å². The summed E-state index contributed by atoms with van der Waals surface area (Å²) < 4.78 is 62.6. The van der Waals surface area contributed by atoms with Crippen LogP contribution in [0, 0.1) is 11.2 Å². The molecule has 1 saturated heterocycles. The SMILES string of the molecule is CS(C)(C)C#Cc1ccc(S(C)(=O)=O)cc1C(=O)N1CCN(c2ccc(C(F)(F)F)cc2)CC1. The van der Waals surface area contributed by atoms with Gasteiger partial charge in [0.1, 0.15) is 0 Å². The highest BCUT2D eigenvalue weighted by atomic mass is 32.3. The van der Waals surface area contributed by atoms with Gasteiger partial charge in [-0.2, -0.15) is 23.2 Å². The molecule has 0 aromatic heterocycles. The lowest BCUT2D eigenvalue weighted by molar-refractivity contribution is -0.137. The molecular weight excluding hydrogens is 485 g/mol. The van der Waals surface area contributed by atoms with E-state index in [9.17, 15) is 26.4 Å². The van der Waals surface area contributed by atoms with E-state index < -0.39 is 31.6 Å². The number of nitrogens with zero attached hydrogens (tertiary/aromatic N) is 2. The molecule has 0 radical (unpaired) electrons. The minimum atomic E-state index is -4.39. The van der Waals surface area contributed by atoms with Gasteiger partial charge in [0.2, 0.25) is 0 Å². The zero-order chi connectivity index (χ0) is 25.3. The number of carbonyl (C=O) groups excluding carboxylic acids is 1. The van der Waals surface area contributed by atoms with Gasteiger partial charge in [0.05, 0.1) is 16.0 Å². The van der Waals surface area contributed by atoms with Crippen molar-refractivity contribution in [1.82, 2.24) is 4.90 Å². The second-order valence-electron chi connectivity index (χ2n) is 8.87. The molecule has 0 aliphatic carbocycles. The maximum atomic E-state index is 13.3. The number of sulfone groups is 1. The van der Waals surface area contributed by atoms with Crippen molar-refractivity contribution in [2.45, 2.75) is 11.1 Å². The highest BCUT2D eigenvalue weighted by molar-refractivity contribution is 8.36. The van der Waals surface area contributed by atoms with E-state index in [-0.39, 0.29) is 16.4 Å². The van der Waals surface area contributed by atoms with E-state index in [1.165, 1.54) is 24.3 Å². The second kappa shape index (κ2) is 9.55. The van der Waals surface area contributed by atoms with Gasteiger partial charge in [0.15, 0.2) is 9.84 Å². The summed E-state index contributed by atoms with van der Waals surface area (Å²) in [6, 6.07) is 9.35. The smallest absolute Gasteiger partial charge is 0.368 e. The van der Waals surface area contributed by atoms with E-state index in [1.54, 1.807) is 11.0 Å². The van der Waals surface area contributed by atoms with Gasteiger partial charge < -0.3 is 9.80 Å². The molecule has 34 heavy (non-hydrogen) atoms. The molecule has 10 heteroatoms. The first-order valence-electron chi connectivity index (χ1n) is 10.4. The fraction of sp³-hybridized carbons (Fsp3) is 0.375. The molecule has 1 heterocycles. The molecule has 1 fully saturated rings. The monoisotopic (exact) mass is 512 g/mol. The molecule has 3 rings (SSSR count). The number of amides is 1. The number of anilines is 1. The van der Waals surface area contributed by atoms with Crippen LogP contribution in [0.15, 0.2) is 47.4 Å². The van der Waals surface area contributed by atoms with Crippen molar-refractivity contribution < 1.29 is 26.4 Å². The van der Waals surface area contributed by atoms with Crippen molar-refractivity contribution in [3.05, 3.63) is 59.2 Å². The number of piperazine rings is 1. The summed E-state index contributed by atoms with van der Waals surface area (Å²) in [4.78, 5) is 16.9. The van der Waals surface area contributed by atoms with Gasteiger partial charge in [-0.1, -0.05) is 5.92 Å². The van der Waals surface area contributed by atoms with E-state index in [0.29, 0.717) is 37.4 Å². The predicted octanol–water partition coefficient (Wildman–Crippen LogP) is 4.07. The summed E-state index contributed by atoms with van der Waals surface area (Å²) in [7, 11) is -4.67. The van der Waals surface area contributed by atoms with Crippen molar-refractivity contribution in [2.24, 2.45) is 0 Å². The number of rotatable bonds is 3. The van der Waals surface area contributed by atoms with E-state index in [0.717, 1.165) is 18.4 Å². The Morgan fingerprint density at radius 3 is 2.00 bits per heavy atom. The van der Waals surface area contributed by atoms with Crippen molar-refractivity contribution >= 4 is 31.5 Å². The Morgan fingerprint density at radius 1 is 0.912 bits per heavy atom. The third kappa shape index (κ3) is 6.48. The summed E-state index contributed by atoms with van der Waals surface area (Å²) in [5, 5.41) is 3.16. The van der Waals surface area contributed by atoms with E-state index >= 15 is 0 Å². The van der Waals surface area contributed by atoms with Gasteiger partial charge in [-0.25, -0.2) is 8.42 Å². The lowest BCUT2D eigenvalue weighted by Gasteiger charge is -2.36. The lowest BCUT2D eigenvalue weighted by atomic mass is 10.1. The van der Waals surface area contributed by atoms with Crippen LogP contribution in [0.25, 0.3) is 0 Å². The van der Waals surface area contributed by atoms with Gasteiger partial charge in [0.25, 0.3) is 5.91 Å². The van der Waals surface area contributed by atoms with Crippen molar-refractivity contribution in [1.29, 1.82) is 0 Å². The average Bonchev–Trinajstić information content (AvgIpc) is 2.75. The summed E-state index contributed by atoms with van der Waals surface area (Å²) in [6.45, 7) is 1.58. The van der Waals surface area contributed by atoms with Crippen molar-refractivity contribution in [3.63, 3.8) is 0 Å². The first kappa shape index (κ1) is 26.0. The molecule has 0 saturated carbocycles. The molecule has 2 aromatic rings. The molecule has 2 aromatic carbocycles. The third-order valence-corrected chi connectivity index (χ3v) is 7.09. The van der Waals surface area contributed by atoms with Crippen molar-refractivity contribution in [3.8, 4) is 11.2 Å². The maximum absolute atomic E-state index is 13.3. The standard InChI is InChI=1S/C24H27F3N2O3S2/c1-33(2,3)16-11-18-5-10-21(34(4,31)32)17-22(18)23(30)29-14-12-28(13-15-29)20-8-6-19(7-9-20)24(25,26)27/h5-10,17H,12-15H2,1-4H3. The number of carbonyl (C=O) groups is 1. The molecule has 1 aliphatic rings. The summed E-state index contributed by atoms with van der Waals surface area (Å²) in [5.41, 5.74) is 0.660. The predicted molar refractivity (Wildman–Crippen MR) is 131 cm³/mol. The normalized spacial score (nSPS) is 15.5. The Bertz CT molecular complexity index is 1230. The first-order valence-corrected chi connectivity index (χ1v) is 15.2. The number of benzene rings is 2. The first-order chi connectivity index (χ1) is 15.6. The van der Waals surface area contributed by atoms with Gasteiger partial charge in [-0.15, -0.1) is 0 Å². The highest BCUT2D eigenvalue weighted by Crippen LogP contribution is 2.33.